The fourth-order valence-corrected chi connectivity index (χ4v) is 0.629. The summed E-state index contributed by atoms with van der Waals surface area (Å²) < 4.78 is 4.83. The predicted octanol–water partition coefficient (Wildman–Crippen LogP) is 1.90. The highest BCUT2D eigenvalue weighted by Gasteiger charge is 1.97. The van der Waals surface area contributed by atoms with Crippen molar-refractivity contribution in [3.8, 4) is 0 Å². The first kappa shape index (κ1) is 9.21. The van der Waals surface area contributed by atoms with Gasteiger partial charge in [-0.25, -0.2) is 0 Å². The SMILES string of the molecule is CCC=CC(C)OC(C)=O. The van der Waals surface area contributed by atoms with Crippen LogP contribution in [0.4, 0.5) is 0 Å². The summed E-state index contributed by atoms with van der Waals surface area (Å²) in [6, 6.07) is 0. The van der Waals surface area contributed by atoms with Crippen LogP contribution in [0.2, 0.25) is 0 Å². The highest BCUT2D eigenvalue weighted by molar-refractivity contribution is 5.66. The second-order valence-electron chi connectivity index (χ2n) is 2.15. The second-order valence-corrected chi connectivity index (χ2v) is 2.15. The van der Waals surface area contributed by atoms with E-state index in [1.165, 1.54) is 6.92 Å². The molecule has 0 amide bonds. The third kappa shape index (κ3) is 5.35. The highest BCUT2D eigenvalue weighted by atomic mass is 16.5. The molecule has 2 nitrogen and oxygen atoms in total. The molecule has 0 aliphatic rings. The molecule has 0 spiro atoms. The Balaban J connectivity index is 3.52. The van der Waals surface area contributed by atoms with Crippen molar-refractivity contribution in [2.24, 2.45) is 0 Å². The number of esters is 1. The quantitative estimate of drug-likeness (QED) is 0.444. The summed E-state index contributed by atoms with van der Waals surface area (Å²) in [5, 5.41) is 0. The molecule has 0 heterocycles. The van der Waals surface area contributed by atoms with Crippen LogP contribution < -0.4 is 0 Å². The van der Waals surface area contributed by atoms with Crippen LogP contribution in [0.25, 0.3) is 0 Å². The average molecular weight is 142 g/mol. The molecule has 0 aromatic rings. The molecule has 58 valence electrons. The Morgan fingerprint density at radius 2 is 2.30 bits per heavy atom. The molecular weight excluding hydrogens is 128 g/mol. The van der Waals surface area contributed by atoms with Crippen LogP contribution in [0, 0.1) is 0 Å². The highest BCUT2D eigenvalue weighted by Crippen LogP contribution is 1.93. The summed E-state index contributed by atoms with van der Waals surface area (Å²) in [5.41, 5.74) is 0. The van der Waals surface area contributed by atoms with E-state index in [1.807, 2.05) is 26.0 Å². The van der Waals surface area contributed by atoms with Gasteiger partial charge in [0, 0.05) is 6.92 Å². The Hall–Kier alpha value is -0.790. The van der Waals surface area contributed by atoms with Gasteiger partial charge in [0.1, 0.15) is 6.10 Å². The molecule has 10 heavy (non-hydrogen) atoms. The smallest absolute Gasteiger partial charge is 0.303 e. The van der Waals surface area contributed by atoms with Crippen LogP contribution in [0.1, 0.15) is 27.2 Å². The fraction of sp³-hybridized carbons (Fsp3) is 0.625. The predicted molar refractivity (Wildman–Crippen MR) is 40.7 cm³/mol. The third-order valence-corrected chi connectivity index (χ3v) is 0.995. The minimum absolute atomic E-state index is 0.0857. The lowest BCUT2D eigenvalue weighted by Crippen LogP contribution is -2.08. The summed E-state index contributed by atoms with van der Waals surface area (Å²) in [7, 11) is 0. The Morgan fingerprint density at radius 1 is 1.70 bits per heavy atom. The molecule has 1 unspecified atom stereocenters. The average Bonchev–Trinajstić information content (AvgIpc) is 1.82. The largest absolute Gasteiger partial charge is 0.459 e. The van der Waals surface area contributed by atoms with Gasteiger partial charge < -0.3 is 4.74 Å². The number of carbonyl (C=O) groups is 1. The number of hydrogen-bond acceptors (Lipinski definition) is 2. The zero-order valence-corrected chi connectivity index (χ0v) is 6.76. The van der Waals surface area contributed by atoms with Gasteiger partial charge in [-0.3, -0.25) is 4.79 Å². The van der Waals surface area contributed by atoms with Crippen LogP contribution in [0.5, 0.6) is 0 Å². The van der Waals surface area contributed by atoms with Gasteiger partial charge in [-0.2, -0.15) is 0 Å². The molecule has 0 bridgehead atoms. The van der Waals surface area contributed by atoms with Gasteiger partial charge in [0.25, 0.3) is 0 Å². The molecule has 0 rings (SSSR count). The minimum atomic E-state index is -0.228. The first-order valence-electron chi connectivity index (χ1n) is 3.50. The van der Waals surface area contributed by atoms with E-state index < -0.39 is 0 Å². The van der Waals surface area contributed by atoms with Gasteiger partial charge in [-0.1, -0.05) is 13.0 Å². The summed E-state index contributed by atoms with van der Waals surface area (Å²) in [4.78, 5) is 10.4. The molecule has 0 N–H and O–H groups in total. The van der Waals surface area contributed by atoms with Crippen molar-refractivity contribution < 1.29 is 9.53 Å². The Morgan fingerprint density at radius 3 is 2.70 bits per heavy atom. The van der Waals surface area contributed by atoms with Gasteiger partial charge >= 0.3 is 5.97 Å². The molecule has 1 atom stereocenters. The zero-order valence-electron chi connectivity index (χ0n) is 6.76. The number of allylic oxidation sites excluding steroid dienone is 1. The van der Waals surface area contributed by atoms with E-state index in [9.17, 15) is 4.79 Å². The summed E-state index contributed by atoms with van der Waals surface area (Å²) in [5.74, 6) is -0.228. The van der Waals surface area contributed by atoms with Crippen molar-refractivity contribution in [3.05, 3.63) is 12.2 Å². The maximum atomic E-state index is 10.4. The van der Waals surface area contributed by atoms with Crippen molar-refractivity contribution in [1.82, 2.24) is 0 Å². The fourth-order valence-electron chi connectivity index (χ4n) is 0.629. The van der Waals surface area contributed by atoms with Crippen molar-refractivity contribution >= 4 is 5.97 Å². The van der Waals surface area contributed by atoms with E-state index in [2.05, 4.69) is 0 Å². The van der Waals surface area contributed by atoms with Crippen LogP contribution >= 0.6 is 0 Å². The number of rotatable bonds is 3. The molecule has 0 fully saturated rings. The molecule has 0 aromatic heterocycles. The van der Waals surface area contributed by atoms with E-state index in [-0.39, 0.29) is 12.1 Å². The third-order valence-electron chi connectivity index (χ3n) is 0.995. The second kappa shape index (κ2) is 5.03. The number of carbonyl (C=O) groups excluding carboxylic acids is 1. The molecule has 0 aliphatic carbocycles. The lowest BCUT2D eigenvalue weighted by atomic mass is 10.3. The van der Waals surface area contributed by atoms with Gasteiger partial charge in [-0.15, -0.1) is 0 Å². The van der Waals surface area contributed by atoms with Crippen LogP contribution in [-0.2, 0) is 9.53 Å². The van der Waals surface area contributed by atoms with Crippen molar-refractivity contribution in [3.63, 3.8) is 0 Å². The van der Waals surface area contributed by atoms with Gasteiger partial charge in [0.2, 0.25) is 0 Å². The lowest BCUT2D eigenvalue weighted by Gasteiger charge is -2.04. The van der Waals surface area contributed by atoms with Gasteiger partial charge in [-0.05, 0) is 19.4 Å². The Labute approximate surface area is 61.9 Å². The Kier molecular flexibility index (Phi) is 4.63. The Bertz CT molecular complexity index is 127. The summed E-state index contributed by atoms with van der Waals surface area (Å²) in [6.07, 6.45) is 4.75. The molecule has 0 saturated heterocycles. The maximum Gasteiger partial charge on any atom is 0.303 e. The van der Waals surface area contributed by atoms with E-state index in [0.717, 1.165) is 6.42 Å². The first-order valence-corrected chi connectivity index (χ1v) is 3.50. The van der Waals surface area contributed by atoms with E-state index in [4.69, 9.17) is 4.74 Å². The maximum absolute atomic E-state index is 10.4. The van der Waals surface area contributed by atoms with Crippen LogP contribution in [0.15, 0.2) is 12.2 Å². The number of hydrogen-bond donors (Lipinski definition) is 0. The zero-order chi connectivity index (χ0) is 7.98. The topological polar surface area (TPSA) is 26.3 Å². The normalized spacial score (nSPS) is 13.5. The van der Waals surface area contributed by atoms with Crippen molar-refractivity contribution in [2.45, 2.75) is 33.3 Å². The molecule has 0 aromatic carbocycles. The molecule has 0 aliphatic heterocycles. The minimum Gasteiger partial charge on any atom is -0.459 e. The van der Waals surface area contributed by atoms with Gasteiger partial charge in [0.05, 0.1) is 0 Å². The first-order chi connectivity index (χ1) is 4.66. The van der Waals surface area contributed by atoms with Crippen LogP contribution in [-0.4, -0.2) is 12.1 Å². The molecular formula is C8H14O2. The van der Waals surface area contributed by atoms with Gasteiger partial charge in [0.15, 0.2) is 0 Å². The van der Waals surface area contributed by atoms with E-state index in [0.29, 0.717) is 0 Å². The molecule has 0 radical (unpaired) electrons. The lowest BCUT2D eigenvalue weighted by molar-refractivity contribution is -0.143. The molecule has 2 heteroatoms. The van der Waals surface area contributed by atoms with Crippen molar-refractivity contribution in [1.29, 1.82) is 0 Å². The molecule has 0 saturated carbocycles. The van der Waals surface area contributed by atoms with E-state index >= 15 is 0 Å². The van der Waals surface area contributed by atoms with Crippen molar-refractivity contribution in [2.75, 3.05) is 0 Å². The standard InChI is InChI=1S/C8H14O2/c1-4-5-6-7(2)10-8(3)9/h5-7H,4H2,1-3H3. The summed E-state index contributed by atoms with van der Waals surface area (Å²) in [6.45, 7) is 5.29. The van der Waals surface area contributed by atoms with Crippen LogP contribution in [0.3, 0.4) is 0 Å². The monoisotopic (exact) mass is 142 g/mol. The summed E-state index contributed by atoms with van der Waals surface area (Å²) >= 11 is 0. The number of ether oxygens (including phenoxy) is 1. The van der Waals surface area contributed by atoms with E-state index in [1.54, 1.807) is 0 Å².